The van der Waals surface area contributed by atoms with Gasteiger partial charge in [0.05, 0.1) is 0 Å². The molecule has 0 fully saturated rings. The number of benzene rings is 1. The number of likely N-dealkylation sites (N-methyl/N-ethyl adjacent to an activating group) is 1. The lowest BCUT2D eigenvalue weighted by atomic mass is 10.0. The number of nitrogens with one attached hydrogen (secondary N) is 1. The number of rotatable bonds is 7. The van der Waals surface area contributed by atoms with E-state index in [-0.39, 0.29) is 24.3 Å². The highest BCUT2D eigenvalue weighted by Crippen LogP contribution is 2.13. The Labute approximate surface area is 126 Å². The first-order chi connectivity index (χ1) is 9.99. The molecule has 5 heteroatoms. The first-order valence-electron chi connectivity index (χ1n) is 7.38. The SMILES string of the molecule is CCN(CC)C(=O)C(C)NC(=O)CC(N)c1ccccc1. The Hall–Kier alpha value is -1.88. The highest BCUT2D eigenvalue weighted by molar-refractivity contribution is 5.87. The van der Waals surface area contributed by atoms with Crippen LogP contribution in [0.1, 0.15) is 38.8 Å². The maximum Gasteiger partial charge on any atom is 0.244 e. The molecule has 0 spiro atoms. The van der Waals surface area contributed by atoms with Crippen LogP contribution in [0.2, 0.25) is 0 Å². The van der Waals surface area contributed by atoms with Crippen LogP contribution in [0.15, 0.2) is 30.3 Å². The summed E-state index contributed by atoms with van der Waals surface area (Å²) in [4.78, 5) is 25.8. The number of nitrogens with zero attached hydrogens (tertiary/aromatic N) is 1. The topological polar surface area (TPSA) is 75.4 Å². The standard InChI is InChI=1S/C16H25N3O2/c1-4-19(5-2)16(21)12(3)18-15(20)11-14(17)13-9-7-6-8-10-13/h6-10,12,14H,4-5,11,17H2,1-3H3,(H,18,20). The van der Waals surface area contributed by atoms with Crippen molar-refractivity contribution in [3.8, 4) is 0 Å². The fourth-order valence-corrected chi connectivity index (χ4v) is 2.19. The maximum absolute atomic E-state index is 12.1. The predicted molar refractivity (Wildman–Crippen MR) is 83.5 cm³/mol. The zero-order chi connectivity index (χ0) is 15.8. The van der Waals surface area contributed by atoms with Crippen LogP contribution < -0.4 is 11.1 Å². The Morgan fingerprint density at radius 3 is 2.29 bits per heavy atom. The summed E-state index contributed by atoms with van der Waals surface area (Å²) in [5.74, 6) is -0.277. The second kappa shape index (κ2) is 8.42. The van der Waals surface area contributed by atoms with Gasteiger partial charge in [0.1, 0.15) is 6.04 Å². The number of hydrogen-bond donors (Lipinski definition) is 2. The van der Waals surface area contributed by atoms with Gasteiger partial charge < -0.3 is 16.0 Å². The summed E-state index contributed by atoms with van der Waals surface area (Å²) in [7, 11) is 0. The first kappa shape index (κ1) is 17.2. The molecular formula is C16H25N3O2. The van der Waals surface area contributed by atoms with Gasteiger partial charge in [0.25, 0.3) is 0 Å². The van der Waals surface area contributed by atoms with Crippen molar-refractivity contribution in [2.45, 2.75) is 39.3 Å². The molecule has 0 bridgehead atoms. The summed E-state index contributed by atoms with van der Waals surface area (Å²) in [5.41, 5.74) is 6.92. The average molecular weight is 291 g/mol. The molecule has 5 nitrogen and oxygen atoms in total. The lowest BCUT2D eigenvalue weighted by Crippen LogP contribution is -2.47. The van der Waals surface area contributed by atoms with E-state index in [2.05, 4.69) is 5.32 Å². The Balaban J connectivity index is 2.51. The minimum Gasteiger partial charge on any atom is -0.345 e. The van der Waals surface area contributed by atoms with Crippen molar-refractivity contribution < 1.29 is 9.59 Å². The molecule has 0 heterocycles. The molecule has 2 amide bonds. The molecule has 21 heavy (non-hydrogen) atoms. The number of hydrogen-bond acceptors (Lipinski definition) is 3. The van der Waals surface area contributed by atoms with Crippen molar-refractivity contribution >= 4 is 11.8 Å². The summed E-state index contributed by atoms with van der Waals surface area (Å²) < 4.78 is 0. The molecule has 0 aliphatic rings. The van der Waals surface area contributed by atoms with Gasteiger partial charge in [0, 0.05) is 25.6 Å². The lowest BCUT2D eigenvalue weighted by Gasteiger charge is -2.23. The monoisotopic (exact) mass is 291 g/mol. The largest absolute Gasteiger partial charge is 0.345 e. The maximum atomic E-state index is 12.1. The molecule has 0 saturated carbocycles. The zero-order valence-corrected chi connectivity index (χ0v) is 13.0. The molecule has 3 N–H and O–H groups in total. The quantitative estimate of drug-likeness (QED) is 0.798. The van der Waals surface area contributed by atoms with Crippen LogP contribution in [0.4, 0.5) is 0 Å². The molecule has 1 aromatic rings. The zero-order valence-electron chi connectivity index (χ0n) is 13.0. The van der Waals surface area contributed by atoms with Crippen LogP contribution in [0.3, 0.4) is 0 Å². The molecular weight excluding hydrogens is 266 g/mol. The van der Waals surface area contributed by atoms with Gasteiger partial charge in [-0.2, -0.15) is 0 Å². The molecule has 0 aliphatic heterocycles. The van der Waals surface area contributed by atoms with Gasteiger partial charge in [-0.15, -0.1) is 0 Å². The van der Waals surface area contributed by atoms with Crippen LogP contribution >= 0.6 is 0 Å². The molecule has 2 atom stereocenters. The van der Waals surface area contributed by atoms with Crippen LogP contribution in [0.5, 0.6) is 0 Å². The van der Waals surface area contributed by atoms with E-state index < -0.39 is 6.04 Å². The summed E-state index contributed by atoms with van der Waals surface area (Å²) >= 11 is 0. The fourth-order valence-electron chi connectivity index (χ4n) is 2.19. The highest BCUT2D eigenvalue weighted by Gasteiger charge is 2.21. The van der Waals surface area contributed by atoms with E-state index in [0.29, 0.717) is 13.1 Å². The Kier molecular flexibility index (Phi) is 6.88. The average Bonchev–Trinajstić information content (AvgIpc) is 2.49. The van der Waals surface area contributed by atoms with Crippen LogP contribution in [0.25, 0.3) is 0 Å². The van der Waals surface area contributed by atoms with E-state index in [4.69, 9.17) is 5.73 Å². The second-order valence-electron chi connectivity index (χ2n) is 5.02. The first-order valence-corrected chi connectivity index (χ1v) is 7.38. The summed E-state index contributed by atoms with van der Waals surface area (Å²) in [6, 6.07) is 8.58. The van der Waals surface area contributed by atoms with Gasteiger partial charge >= 0.3 is 0 Å². The summed E-state index contributed by atoms with van der Waals surface area (Å²) in [5, 5.41) is 2.72. The molecule has 2 unspecified atom stereocenters. The van der Waals surface area contributed by atoms with Crippen molar-refractivity contribution in [1.29, 1.82) is 0 Å². The molecule has 1 rings (SSSR count). The van der Waals surface area contributed by atoms with Gasteiger partial charge in [0.15, 0.2) is 0 Å². The molecule has 0 saturated heterocycles. The minimum atomic E-state index is -0.527. The van der Waals surface area contributed by atoms with Gasteiger partial charge in [-0.05, 0) is 26.3 Å². The van der Waals surface area contributed by atoms with E-state index in [0.717, 1.165) is 5.56 Å². The fraction of sp³-hybridized carbons (Fsp3) is 0.500. The van der Waals surface area contributed by atoms with Crippen molar-refractivity contribution in [2.24, 2.45) is 5.73 Å². The van der Waals surface area contributed by atoms with Gasteiger partial charge in [0.2, 0.25) is 11.8 Å². The van der Waals surface area contributed by atoms with E-state index in [1.807, 2.05) is 44.2 Å². The molecule has 1 aromatic carbocycles. The minimum absolute atomic E-state index is 0.0679. The molecule has 0 radical (unpaired) electrons. The van der Waals surface area contributed by atoms with E-state index >= 15 is 0 Å². The lowest BCUT2D eigenvalue weighted by molar-refractivity contribution is -0.135. The van der Waals surface area contributed by atoms with E-state index in [1.165, 1.54) is 0 Å². The van der Waals surface area contributed by atoms with Crippen molar-refractivity contribution in [1.82, 2.24) is 10.2 Å². The van der Waals surface area contributed by atoms with Gasteiger partial charge in [-0.3, -0.25) is 9.59 Å². The van der Waals surface area contributed by atoms with Crippen molar-refractivity contribution in [3.05, 3.63) is 35.9 Å². The van der Waals surface area contributed by atoms with Crippen LogP contribution in [0, 0.1) is 0 Å². The summed E-state index contributed by atoms with van der Waals surface area (Å²) in [6.07, 6.45) is 0.167. The third-order valence-corrected chi connectivity index (χ3v) is 3.46. The number of carbonyl (C=O) groups excluding carboxylic acids is 2. The predicted octanol–water partition coefficient (Wildman–Crippen LogP) is 1.45. The van der Waals surface area contributed by atoms with E-state index in [1.54, 1.807) is 11.8 Å². The van der Waals surface area contributed by atoms with Crippen LogP contribution in [-0.4, -0.2) is 35.8 Å². The number of carbonyl (C=O) groups is 2. The molecule has 116 valence electrons. The molecule has 0 aromatic heterocycles. The number of amides is 2. The third kappa shape index (κ3) is 5.19. The smallest absolute Gasteiger partial charge is 0.244 e. The summed E-state index contributed by atoms with van der Waals surface area (Å²) in [6.45, 7) is 6.81. The van der Waals surface area contributed by atoms with E-state index in [9.17, 15) is 9.59 Å². The van der Waals surface area contributed by atoms with Gasteiger partial charge in [-0.25, -0.2) is 0 Å². The Morgan fingerprint density at radius 2 is 1.76 bits per heavy atom. The normalized spacial score (nSPS) is 13.3. The Bertz CT molecular complexity index is 458. The van der Waals surface area contributed by atoms with Gasteiger partial charge in [-0.1, -0.05) is 30.3 Å². The van der Waals surface area contributed by atoms with Crippen molar-refractivity contribution in [2.75, 3.05) is 13.1 Å². The van der Waals surface area contributed by atoms with Crippen LogP contribution in [-0.2, 0) is 9.59 Å². The third-order valence-electron chi connectivity index (χ3n) is 3.46. The number of nitrogens with two attached hydrogens (primary N) is 1. The Morgan fingerprint density at radius 1 is 1.19 bits per heavy atom. The highest BCUT2D eigenvalue weighted by atomic mass is 16.2. The van der Waals surface area contributed by atoms with Crippen molar-refractivity contribution in [3.63, 3.8) is 0 Å². The molecule has 0 aliphatic carbocycles. The second-order valence-corrected chi connectivity index (χ2v) is 5.02.